The van der Waals surface area contributed by atoms with Crippen molar-refractivity contribution in [3.8, 4) is 0 Å². The summed E-state index contributed by atoms with van der Waals surface area (Å²) in [4.78, 5) is 8.48. The van der Waals surface area contributed by atoms with Crippen molar-refractivity contribution in [2.45, 2.75) is 25.8 Å². The molecule has 0 unspecified atom stereocenters. The Hall–Kier alpha value is -0.410. The van der Waals surface area contributed by atoms with Gasteiger partial charge in [-0.1, -0.05) is 0 Å². The molecule has 3 rings (SSSR count). The molecule has 3 heteroatoms. The van der Waals surface area contributed by atoms with Crippen molar-refractivity contribution in [1.82, 2.24) is 9.88 Å². The van der Waals surface area contributed by atoms with Crippen LogP contribution in [0, 0.1) is 5.92 Å². The molecule has 0 N–H and O–H groups in total. The minimum atomic E-state index is 1.02. The van der Waals surface area contributed by atoms with Crippen LogP contribution in [0.5, 0.6) is 0 Å². The standard InChI is InChI=1S/C10H14N2S/c1-2-8(1)5-12-4-3-9-10(6-12)13-7-11-9/h7-8H,1-6H2. The third kappa shape index (κ3) is 1.63. The second-order valence-electron chi connectivity index (χ2n) is 4.15. The summed E-state index contributed by atoms with van der Waals surface area (Å²) in [5.74, 6) is 1.02. The third-order valence-corrected chi connectivity index (χ3v) is 3.83. The first kappa shape index (κ1) is 7.94. The van der Waals surface area contributed by atoms with E-state index in [1.807, 2.05) is 16.8 Å². The Labute approximate surface area is 82.6 Å². The van der Waals surface area contributed by atoms with Gasteiger partial charge in [0, 0.05) is 30.9 Å². The fourth-order valence-electron chi connectivity index (χ4n) is 1.99. The number of rotatable bonds is 2. The smallest absolute Gasteiger partial charge is 0.0798 e. The number of fused-ring (bicyclic) bond motifs is 1. The molecule has 0 spiro atoms. The number of thiazole rings is 1. The van der Waals surface area contributed by atoms with Crippen molar-refractivity contribution < 1.29 is 0 Å². The zero-order chi connectivity index (χ0) is 8.67. The Balaban J connectivity index is 1.69. The zero-order valence-corrected chi connectivity index (χ0v) is 8.52. The van der Waals surface area contributed by atoms with Crippen LogP contribution < -0.4 is 0 Å². The van der Waals surface area contributed by atoms with Gasteiger partial charge < -0.3 is 0 Å². The number of hydrogen-bond acceptors (Lipinski definition) is 3. The molecule has 2 heterocycles. The van der Waals surface area contributed by atoms with Crippen molar-refractivity contribution in [2.24, 2.45) is 5.92 Å². The molecule has 1 fully saturated rings. The topological polar surface area (TPSA) is 16.1 Å². The van der Waals surface area contributed by atoms with E-state index in [9.17, 15) is 0 Å². The predicted molar refractivity (Wildman–Crippen MR) is 53.8 cm³/mol. The molecule has 2 aliphatic rings. The average Bonchev–Trinajstić information content (AvgIpc) is 2.83. The highest BCUT2D eigenvalue weighted by molar-refractivity contribution is 7.09. The van der Waals surface area contributed by atoms with Gasteiger partial charge in [0.2, 0.25) is 0 Å². The summed E-state index contributed by atoms with van der Waals surface area (Å²) in [5, 5.41) is 0. The van der Waals surface area contributed by atoms with E-state index in [-0.39, 0.29) is 0 Å². The van der Waals surface area contributed by atoms with Gasteiger partial charge in [0.1, 0.15) is 0 Å². The van der Waals surface area contributed by atoms with E-state index in [2.05, 4.69) is 9.88 Å². The average molecular weight is 194 g/mol. The molecule has 13 heavy (non-hydrogen) atoms. The van der Waals surface area contributed by atoms with Gasteiger partial charge in [0.15, 0.2) is 0 Å². The van der Waals surface area contributed by atoms with Crippen LogP contribution in [0.4, 0.5) is 0 Å². The summed E-state index contributed by atoms with van der Waals surface area (Å²) in [6.45, 7) is 3.72. The van der Waals surface area contributed by atoms with Crippen LogP contribution in [-0.4, -0.2) is 23.0 Å². The number of hydrogen-bond donors (Lipinski definition) is 0. The molecular weight excluding hydrogens is 180 g/mol. The Kier molecular flexibility index (Phi) is 1.87. The number of aromatic nitrogens is 1. The molecule has 0 radical (unpaired) electrons. The Morgan fingerprint density at radius 2 is 2.46 bits per heavy atom. The van der Waals surface area contributed by atoms with E-state index >= 15 is 0 Å². The van der Waals surface area contributed by atoms with E-state index in [1.54, 1.807) is 0 Å². The van der Waals surface area contributed by atoms with E-state index in [0.29, 0.717) is 0 Å². The second kappa shape index (κ2) is 3.07. The lowest BCUT2D eigenvalue weighted by Gasteiger charge is -2.25. The van der Waals surface area contributed by atoms with Gasteiger partial charge >= 0.3 is 0 Å². The SMILES string of the molecule is c1nc2c(s1)CN(CC1CC1)CC2. The van der Waals surface area contributed by atoms with Gasteiger partial charge in [-0.05, 0) is 18.8 Å². The van der Waals surface area contributed by atoms with Gasteiger partial charge in [-0.15, -0.1) is 11.3 Å². The van der Waals surface area contributed by atoms with Crippen LogP contribution in [0.2, 0.25) is 0 Å². The molecule has 1 aliphatic heterocycles. The van der Waals surface area contributed by atoms with Crippen molar-refractivity contribution in [3.63, 3.8) is 0 Å². The van der Waals surface area contributed by atoms with Gasteiger partial charge in [0.25, 0.3) is 0 Å². The molecule has 0 bridgehead atoms. The fraction of sp³-hybridized carbons (Fsp3) is 0.700. The molecule has 1 aliphatic carbocycles. The van der Waals surface area contributed by atoms with E-state index in [4.69, 9.17) is 0 Å². The van der Waals surface area contributed by atoms with Crippen LogP contribution in [0.1, 0.15) is 23.4 Å². The molecule has 1 aromatic heterocycles. The highest BCUT2D eigenvalue weighted by atomic mass is 32.1. The van der Waals surface area contributed by atoms with Gasteiger partial charge in [-0.3, -0.25) is 4.90 Å². The number of nitrogens with zero attached hydrogens (tertiary/aromatic N) is 2. The first-order chi connectivity index (χ1) is 6.42. The van der Waals surface area contributed by atoms with Crippen LogP contribution >= 0.6 is 11.3 Å². The third-order valence-electron chi connectivity index (χ3n) is 2.97. The molecule has 1 saturated carbocycles. The van der Waals surface area contributed by atoms with Crippen LogP contribution in [0.15, 0.2) is 5.51 Å². The fourth-order valence-corrected chi connectivity index (χ4v) is 2.85. The summed E-state index contributed by atoms with van der Waals surface area (Å²) in [6, 6.07) is 0. The van der Waals surface area contributed by atoms with E-state index in [0.717, 1.165) is 12.5 Å². The molecule has 0 saturated heterocycles. The lowest BCUT2D eigenvalue weighted by Crippen LogP contribution is -2.31. The van der Waals surface area contributed by atoms with Crippen molar-refractivity contribution in [1.29, 1.82) is 0 Å². The van der Waals surface area contributed by atoms with E-state index in [1.165, 1.54) is 42.9 Å². The summed E-state index contributed by atoms with van der Waals surface area (Å²) in [6.07, 6.45) is 4.10. The van der Waals surface area contributed by atoms with Gasteiger partial charge in [-0.25, -0.2) is 4.98 Å². The summed E-state index contributed by atoms with van der Waals surface area (Å²) in [7, 11) is 0. The molecular formula is C10H14N2S. The maximum absolute atomic E-state index is 4.38. The summed E-state index contributed by atoms with van der Waals surface area (Å²) >= 11 is 1.82. The maximum atomic E-state index is 4.38. The lowest BCUT2D eigenvalue weighted by molar-refractivity contribution is 0.245. The first-order valence-corrected chi connectivity index (χ1v) is 5.93. The highest BCUT2D eigenvalue weighted by Gasteiger charge is 2.26. The molecule has 0 aromatic carbocycles. The largest absolute Gasteiger partial charge is 0.298 e. The monoisotopic (exact) mass is 194 g/mol. The molecule has 1 aromatic rings. The zero-order valence-electron chi connectivity index (χ0n) is 7.70. The second-order valence-corrected chi connectivity index (χ2v) is 5.09. The van der Waals surface area contributed by atoms with Gasteiger partial charge in [0.05, 0.1) is 11.2 Å². The van der Waals surface area contributed by atoms with Crippen molar-refractivity contribution in [3.05, 3.63) is 16.1 Å². The quantitative estimate of drug-likeness (QED) is 0.715. The molecule has 0 atom stereocenters. The first-order valence-electron chi connectivity index (χ1n) is 5.05. The van der Waals surface area contributed by atoms with Crippen LogP contribution in [0.3, 0.4) is 0 Å². The van der Waals surface area contributed by atoms with Crippen molar-refractivity contribution in [2.75, 3.05) is 13.1 Å². The summed E-state index contributed by atoms with van der Waals surface area (Å²) in [5.41, 5.74) is 3.35. The molecule has 0 amide bonds. The summed E-state index contributed by atoms with van der Waals surface area (Å²) < 4.78 is 0. The van der Waals surface area contributed by atoms with Gasteiger partial charge in [-0.2, -0.15) is 0 Å². The molecule has 70 valence electrons. The predicted octanol–water partition coefficient (Wildman–Crippen LogP) is 1.91. The van der Waals surface area contributed by atoms with Crippen LogP contribution in [0.25, 0.3) is 0 Å². The Morgan fingerprint density at radius 3 is 3.31 bits per heavy atom. The normalized spacial score (nSPS) is 23.1. The maximum Gasteiger partial charge on any atom is 0.0798 e. The minimum absolute atomic E-state index is 1.02. The Morgan fingerprint density at radius 1 is 1.54 bits per heavy atom. The Bertz CT molecular complexity index is 304. The lowest BCUT2D eigenvalue weighted by atomic mass is 10.1. The molecule has 2 nitrogen and oxygen atoms in total. The minimum Gasteiger partial charge on any atom is -0.298 e. The van der Waals surface area contributed by atoms with Crippen LogP contribution in [-0.2, 0) is 13.0 Å². The highest BCUT2D eigenvalue weighted by Crippen LogP contribution is 2.31. The van der Waals surface area contributed by atoms with Crippen molar-refractivity contribution >= 4 is 11.3 Å². The van der Waals surface area contributed by atoms with E-state index < -0.39 is 0 Å².